The predicted molar refractivity (Wildman–Crippen MR) is 88.4 cm³/mol. The van der Waals surface area contributed by atoms with Gasteiger partial charge in [-0.15, -0.1) is 0 Å². The molecule has 0 bridgehead atoms. The van der Waals surface area contributed by atoms with Crippen molar-refractivity contribution in [1.82, 2.24) is 15.0 Å². The predicted octanol–water partition coefficient (Wildman–Crippen LogP) is 3.39. The van der Waals surface area contributed by atoms with Gasteiger partial charge in [0.2, 0.25) is 5.16 Å². The summed E-state index contributed by atoms with van der Waals surface area (Å²) in [6.45, 7) is 1.95. The Kier molecular flexibility index (Phi) is 3.38. The highest BCUT2D eigenvalue weighted by Gasteiger charge is 2.14. The minimum Gasteiger partial charge on any atom is -0.464 e. The Balaban J connectivity index is 1.72. The van der Waals surface area contributed by atoms with Gasteiger partial charge < -0.3 is 4.42 Å². The van der Waals surface area contributed by atoms with Gasteiger partial charge in [0.05, 0.1) is 39.5 Å². The summed E-state index contributed by atoms with van der Waals surface area (Å²) < 4.78 is 18.0. The summed E-state index contributed by atoms with van der Waals surface area (Å²) in [4.78, 5) is 13.1. The number of hydrogen-bond acceptors (Lipinski definition) is 5. The maximum absolute atomic E-state index is 12.6. The van der Waals surface area contributed by atoms with Crippen LogP contribution in [0.5, 0.6) is 0 Å². The van der Waals surface area contributed by atoms with Crippen LogP contribution in [0.15, 0.2) is 58.4 Å². The molecule has 0 fully saturated rings. The van der Waals surface area contributed by atoms with Crippen LogP contribution in [0.4, 0.5) is 0 Å². The standard InChI is InChI=1S/C17H13N3O2S/c1-11-4-2-6-18-15(11)10-23(21)17-19-13-8-12-5-3-7-22-16(12)9-14(13)20-17/h2-9H,10H2,1H3. The molecule has 4 rings (SSSR count). The fourth-order valence-electron chi connectivity index (χ4n) is 2.43. The lowest BCUT2D eigenvalue weighted by Crippen LogP contribution is -2.02. The van der Waals surface area contributed by atoms with E-state index in [9.17, 15) is 4.21 Å². The number of rotatable bonds is 3. The molecule has 0 saturated carbocycles. The van der Waals surface area contributed by atoms with Crippen molar-refractivity contribution in [1.29, 1.82) is 0 Å². The third-order valence-corrected chi connectivity index (χ3v) is 4.80. The van der Waals surface area contributed by atoms with E-state index < -0.39 is 10.8 Å². The van der Waals surface area contributed by atoms with Crippen molar-refractivity contribution in [2.75, 3.05) is 0 Å². The van der Waals surface area contributed by atoms with Crippen LogP contribution in [-0.2, 0) is 16.6 Å². The monoisotopic (exact) mass is 323 g/mol. The molecule has 23 heavy (non-hydrogen) atoms. The number of benzene rings is 1. The van der Waals surface area contributed by atoms with Crippen LogP contribution in [0.25, 0.3) is 22.0 Å². The van der Waals surface area contributed by atoms with Crippen LogP contribution in [-0.4, -0.2) is 19.2 Å². The Morgan fingerprint density at radius 2 is 1.96 bits per heavy atom. The average molecular weight is 323 g/mol. The van der Waals surface area contributed by atoms with Gasteiger partial charge in [0.1, 0.15) is 5.58 Å². The van der Waals surface area contributed by atoms with Crippen molar-refractivity contribution in [2.45, 2.75) is 17.8 Å². The number of pyridine rings is 1. The molecule has 0 saturated heterocycles. The Labute approximate surface area is 134 Å². The van der Waals surface area contributed by atoms with E-state index in [1.165, 1.54) is 0 Å². The number of aryl methyl sites for hydroxylation is 1. The lowest BCUT2D eigenvalue weighted by molar-refractivity contribution is 0.604. The highest BCUT2D eigenvalue weighted by molar-refractivity contribution is 7.84. The maximum Gasteiger partial charge on any atom is 0.220 e. The molecule has 4 aromatic rings. The summed E-state index contributed by atoms with van der Waals surface area (Å²) >= 11 is 0. The molecule has 0 spiro atoms. The number of imidazole rings is 1. The van der Waals surface area contributed by atoms with Gasteiger partial charge in [0, 0.05) is 17.6 Å². The number of hydrogen-bond donors (Lipinski definition) is 0. The molecule has 5 nitrogen and oxygen atoms in total. The Morgan fingerprint density at radius 1 is 1.13 bits per heavy atom. The van der Waals surface area contributed by atoms with Gasteiger partial charge in [-0.3, -0.25) is 9.19 Å². The molecule has 1 aromatic carbocycles. The van der Waals surface area contributed by atoms with Gasteiger partial charge in [-0.05, 0) is 36.8 Å². The van der Waals surface area contributed by atoms with Gasteiger partial charge in [-0.1, -0.05) is 6.07 Å². The van der Waals surface area contributed by atoms with Crippen LogP contribution in [0.1, 0.15) is 11.3 Å². The molecule has 0 aliphatic carbocycles. The van der Waals surface area contributed by atoms with E-state index in [1.54, 1.807) is 12.5 Å². The largest absolute Gasteiger partial charge is 0.464 e. The van der Waals surface area contributed by atoms with E-state index in [0.29, 0.717) is 16.4 Å². The van der Waals surface area contributed by atoms with Gasteiger partial charge in [-0.25, -0.2) is 9.97 Å². The molecule has 0 aliphatic rings. The van der Waals surface area contributed by atoms with E-state index in [2.05, 4.69) is 15.0 Å². The summed E-state index contributed by atoms with van der Waals surface area (Å²) in [6.07, 6.45) is 3.32. The van der Waals surface area contributed by atoms with Crippen LogP contribution < -0.4 is 0 Å². The van der Waals surface area contributed by atoms with Crippen molar-refractivity contribution >= 4 is 32.8 Å². The molecule has 114 valence electrons. The minimum absolute atomic E-state index is 0.312. The normalized spacial score (nSPS) is 12.7. The number of nitrogens with zero attached hydrogens (tertiary/aromatic N) is 3. The van der Waals surface area contributed by atoms with Crippen LogP contribution >= 0.6 is 0 Å². The van der Waals surface area contributed by atoms with E-state index >= 15 is 0 Å². The lowest BCUT2D eigenvalue weighted by atomic mass is 10.2. The smallest absolute Gasteiger partial charge is 0.220 e. The first kappa shape index (κ1) is 14.0. The molecule has 0 N–H and O–H groups in total. The molecule has 1 atom stereocenters. The van der Waals surface area contributed by atoms with Crippen molar-refractivity contribution < 1.29 is 8.63 Å². The Morgan fingerprint density at radius 3 is 2.78 bits per heavy atom. The zero-order chi connectivity index (χ0) is 15.8. The fourth-order valence-corrected chi connectivity index (χ4v) is 3.51. The second-order valence-corrected chi connectivity index (χ2v) is 6.60. The molecule has 0 aliphatic heterocycles. The van der Waals surface area contributed by atoms with Gasteiger partial charge >= 0.3 is 0 Å². The summed E-state index contributed by atoms with van der Waals surface area (Å²) in [7, 11) is -1.33. The highest BCUT2D eigenvalue weighted by Crippen LogP contribution is 2.22. The first-order valence-corrected chi connectivity index (χ1v) is 8.46. The summed E-state index contributed by atoms with van der Waals surface area (Å²) in [5.41, 5.74) is 3.97. The third-order valence-electron chi connectivity index (χ3n) is 3.68. The van der Waals surface area contributed by atoms with Crippen LogP contribution in [0.3, 0.4) is 0 Å². The Bertz CT molecular complexity index is 990. The second-order valence-electron chi connectivity index (χ2n) is 5.25. The molecular formula is C17H13N3O2S. The van der Waals surface area contributed by atoms with E-state index in [0.717, 1.165) is 27.7 Å². The summed E-state index contributed by atoms with van der Waals surface area (Å²) in [5.74, 6) is 0.312. The maximum atomic E-state index is 12.6. The zero-order valence-corrected chi connectivity index (χ0v) is 13.2. The molecule has 0 amide bonds. The van der Waals surface area contributed by atoms with Gasteiger partial charge in [0.25, 0.3) is 0 Å². The van der Waals surface area contributed by atoms with Gasteiger partial charge in [0.15, 0.2) is 0 Å². The summed E-state index contributed by atoms with van der Waals surface area (Å²) in [6, 6.07) is 11.3. The zero-order valence-electron chi connectivity index (χ0n) is 12.4. The van der Waals surface area contributed by atoms with Crippen LogP contribution in [0, 0.1) is 6.92 Å². The van der Waals surface area contributed by atoms with Crippen molar-refractivity contribution in [3.05, 3.63) is 60.1 Å². The SMILES string of the molecule is Cc1cccnc1CS(=O)c1nc2cc3cccoc3cc2n1. The second kappa shape index (κ2) is 5.55. The summed E-state index contributed by atoms with van der Waals surface area (Å²) in [5, 5.41) is 1.28. The number of fused-ring (bicyclic) bond motifs is 2. The molecule has 1 unspecified atom stereocenters. The first-order valence-electron chi connectivity index (χ1n) is 7.14. The first-order chi connectivity index (χ1) is 11.2. The van der Waals surface area contributed by atoms with E-state index in [1.807, 2.05) is 43.3 Å². The van der Waals surface area contributed by atoms with Crippen LogP contribution in [0.2, 0.25) is 0 Å². The van der Waals surface area contributed by atoms with Crippen molar-refractivity contribution in [2.24, 2.45) is 0 Å². The van der Waals surface area contributed by atoms with Crippen molar-refractivity contribution in [3.63, 3.8) is 0 Å². The quantitative estimate of drug-likeness (QED) is 0.578. The molecule has 0 radical (unpaired) electrons. The Hall–Kier alpha value is -2.60. The third kappa shape index (κ3) is 2.61. The van der Waals surface area contributed by atoms with Crippen molar-refractivity contribution in [3.8, 4) is 0 Å². The number of aromatic nitrogens is 3. The topological polar surface area (TPSA) is 68.9 Å². The highest BCUT2D eigenvalue weighted by atomic mass is 32.2. The minimum atomic E-state index is -1.33. The van der Waals surface area contributed by atoms with E-state index in [-0.39, 0.29) is 0 Å². The molecular weight excluding hydrogens is 310 g/mol. The molecule has 6 heteroatoms. The lowest BCUT2D eigenvalue weighted by Gasteiger charge is -2.01. The van der Waals surface area contributed by atoms with E-state index in [4.69, 9.17) is 4.42 Å². The fraction of sp³-hybridized carbons (Fsp3) is 0.118. The molecule has 3 heterocycles. The molecule has 3 aromatic heterocycles. The van der Waals surface area contributed by atoms with Gasteiger partial charge in [-0.2, -0.15) is 0 Å². The average Bonchev–Trinajstić information content (AvgIpc) is 2.97.